The first-order valence-electron chi connectivity index (χ1n) is 6.49. The normalized spacial score (nSPS) is 18.5. The van der Waals surface area contributed by atoms with Gasteiger partial charge < -0.3 is 4.74 Å². The minimum Gasteiger partial charge on any atom is -0.450 e. The molecule has 1 fully saturated rings. The van der Waals surface area contributed by atoms with Crippen molar-refractivity contribution in [1.82, 2.24) is 10.6 Å². The number of ether oxygens (including phenoxy) is 1. The molecule has 1 saturated heterocycles. The molecule has 7 nitrogen and oxygen atoms in total. The molecule has 2 N–H and O–H groups in total. The molecule has 21 heavy (non-hydrogen) atoms. The van der Waals surface area contributed by atoms with Crippen LogP contribution >= 0.6 is 11.6 Å². The Morgan fingerprint density at radius 1 is 1.38 bits per heavy atom. The highest BCUT2D eigenvalue weighted by Gasteiger charge is 2.50. The van der Waals surface area contributed by atoms with E-state index in [-0.39, 0.29) is 12.8 Å². The lowest BCUT2D eigenvalue weighted by Gasteiger charge is -2.35. The zero-order valence-corrected chi connectivity index (χ0v) is 12.4. The predicted molar refractivity (Wildman–Crippen MR) is 74.6 cm³/mol. The van der Waals surface area contributed by atoms with Crippen LogP contribution in [0.4, 0.5) is 9.59 Å². The highest BCUT2D eigenvalue weighted by molar-refractivity contribution is 6.61. The Morgan fingerprint density at radius 2 is 1.95 bits per heavy atom. The predicted octanol–water partition coefficient (Wildman–Crippen LogP) is 1.85. The quantitative estimate of drug-likeness (QED) is 0.424. The lowest BCUT2D eigenvalue weighted by molar-refractivity contribution is -0.146. The second-order valence-electron chi connectivity index (χ2n) is 4.78. The molecule has 0 bridgehead atoms. The Balaban J connectivity index is 3.05. The smallest absolute Gasteiger partial charge is 0.404 e. The second-order valence-corrected chi connectivity index (χ2v) is 5.09. The number of halogens is 1. The lowest BCUT2D eigenvalue weighted by atomic mass is 9.75. The maximum Gasteiger partial charge on any atom is 0.404 e. The van der Waals surface area contributed by atoms with Crippen LogP contribution in [0, 0.1) is 5.41 Å². The molecule has 0 aromatic rings. The maximum absolute atomic E-state index is 12.1. The van der Waals surface area contributed by atoms with E-state index < -0.39 is 34.8 Å². The van der Waals surface area contributed by atoms with Crippen molar-refractivity contribution in [1.29, 1.82) is 0 Å². The van der Waals surface area contributed by atoms with Gasteiger partial charge in [-0.3, -0.25) is 20.2 Å². The van der Waals surface area contributed by atoms with Crippen LogP contribution in [-0.4, -0.2) is 29.4 Å². The molecular formula is C13H17ClN2O5. The first-order valence-corrected chi connectivity index (χ1v) is 6.87. The summed E-state index contributed by atoms with van der Waals surface area (Å²) in [5.74, 6) is -1.47. The Kier molecular flexibility index (Phi) is 5.90. The monoisotopic (exact) mass is 316 g/mol. The molecule has 0 aromatic carbocycles. The van der Waals surface area contributed by atoms with E-state index in [1.807, 2.05) is 6.92 Å². The van der Waals surface area contributed by atoms with Crippen molar-refractivity contribution < 1.29 is 23.9 Å². The summed E-state index contributed by atoms with van der Waals surface area (Å²) in [5.41, 5.74) is -2.54. The topological polar surface area (TPSA) is 102 Å². The number of hydrogen-bond acceptors (Lipinski definition) is 5. The molecule has 0 saturated carbocycles. The first kappa shape index (κ1) is 17.2. The van der Waals surface area contributed by atoms with Crippen molar-refractivity contribution in [2.45, 2.75) is 38.7 Å². The fourth-order valence-corrected chi connectivity index (χ4v) is 2.45. The van der Waals surface area contributed by atoms with Gasteiger partial charge in [0.15, 0.2) is 0 Å². The van der Waals surface area contributed by atoms with Crippen LogP contribution in [0.1, 0.15) is 32.6 Å². The zero-order chi connectivity index (χ0) is 16.0. The molecule has 0 aromatic heterocycles. The molecule has 0 radical (unpaired) electrons. The van der Waals surface area contributed by atoms with E-state index >= 15 is 0 Å². The maximum atomic E-state index is 12.1. The molecule has 0 aliphatic carbocycles. The standard InChI is InChI=1S/C13H17ClN2O5/c1-3-5-8(21-11(14)19)7-13(6-4-2)9(17)15-12(20)16-10(13)18/h4,8H,2-3,5-7H2,1H3,(H2,15,16,17,18,20). The number of carbonyl (C=O) groups is 4. The van der Waals surface area contributed by atoms with Gasteiger partial charge >= 0.3 is 11.5 Å². The average Bonchev–Trinajstić information content (AvgIpc) is 2.35. The van der Waals surface area contributed by atoms with Gasteiger partial charge in [0.25, 0.3) is 0 Å². The number of barbiturate groups is 1. The van der Waals surface area contributed by atoms with Crippen LogP contribution < -0.4 is 10.6 Å². The van der Waals surface area contributed by atoms with E-state index in [0.717, 1.165) is 0 Å². The van der Waals surface area contributed by atoms with Crippen LogP contribution in [-0.2, 0) is 14.3 Å². The number of carbonyl (C=O) groups excluding carboxylic acids is 4. The molecule has 1 aliphatic rings. The molecule has 1 aliphatic heterocycles. The van der Waals surface area contributed by atoms with E-state index in [1.165, 1.54) is 6.08 Å². The summed E-state index contributed by atoms with van der Waals surface area (Å²) in [7, 11) is 0. The van der Waals surface area contributed by atoms with E-state index in [1.54, 1.807) is 0 Å². The van der Waals surface area contributed by atoms with Crippen molar-refractivity contribution in [2.24, 2.45) is 5.41 Å². The number of hydrogen-bond donors (Lipinski definition) is 2. The van der Waals surface area contributed by atoms with Crippen molar-refractivity contribution in [3.8, 4) is 0 Å². The van der Waals surface area contributed by atoms with Gasteiger partial charge in [0.05, 0.1) is 0 Å². The zero-order valence-electron chi connectivity index (χ0n) is 11.6. The summed E-state index contributed by atoms with van der Waals surface area (Å²) in [5, 5.41) is 4.11. The average molecular weight is 317 g/mol. The van der Waals surface area contributed by atoms with Gasteiger partial charge in [-0.25, -0.2) is 9.59 Å². The summed E-state index contributed by atoms with van der Waals surface area (Å²) in [4.78, 5) is 46.4. The highest BCUT2D eigenvalue weighted by Crippen LogP contribution is 2.33. The minimum absolute atomic E-state index is 0.0119. The number of urea groups is 1. The summed E-state index contributed by atoms with van der Waals surface area (Å²) < 4.78 is 4.94. The molecule has 8 heteroatoms. The van der Waals surface area contributed by atoms with E-state index in [2.05, 4.69) is 17.2 Å². The third kappa shape index (κ3) is 4.04. The molecule has 1 unspecified atom stereocenters. The van der Waals surface area contributed by atoms with Crippen molar-refractivity contribution in [3.63, 3.8) is 0 Å². The summed E-state index contributed by atoms with van der Waals surface area (Å²) in [6.07, 6.45) is 1.74. The van der Waals surface area contributed by atoms with Gasteiger partial charge in [-0.05, 0) is 12.8 Å². The largest absolute Gasteiger partial charge is 0.450 e. The van der Waals surface area contributed by atoms with Crippen LogP contribution in [0.3, 0.4) is 0 Å². The van der Waals surface area contributed by atoms with Gasteiger partial charge in [0, 0.05) is 18.0 Å². The van der Waals surface area contributed by atoms with Gasteiger partial charge in [0.1, 0.15) is 11.5 Å². The summed E-state index contributed by atoms with van der Waals surface area (Å²) >= 11 is 5.21. The van der Waals surface area contributed by atoms with Crippen LogP contribution in [0.15, 0.2) is 12.7 Å². The number of rotatable bonds is 7. The third-order valence-corrected chi connectivity index (χ3v) is 3.35. The number of amides is 4. The third-order valence-electron chi connectivity index (χ3n) is 3.26. The lowest BCUT2D eigenvalue weighted by Crippen LogP contribution is -2.63. The fourth-order valence-electron chi connectivity index (χ4n) is 2.32. The van der Waals surface area contributed by atoms with Crippen molar-refractivity contribution in [2.75, 3.05) is 0 Å². The Hall–Kier alpha value is -1.89. The van der Waals surface area contributed by atoms with E-state index in [9.17, 15) is 19.2 Å². The molecular weight excluding hydrogens is 300 g/mol. The summed E-state index contributed by atoms with van der Waals surface area (Å²) in [6, 6.07) is -0.869. The molecule has 1 atom stereocenters. The van der Waals surface area contributed by atoms with Crippen LogP contribution in [0.25, 0.3) is 0 Å². The van der Waals surface area contributed by atoms with Gasteiger partial charge in [-0.15, -0.1) is 6.58 Å². The highest BCUT2D eigenvalue weighted by atomic mass is 35.5. The minimum atomic E-state index is -1.54. The Labute approximate surface area is 127 Å². The first-order chi connectivity index (χ1) is 9.85. The van der Waals surface area contributed by atoms with Gasteiger partial charge in [0.2, 0.25) is 11.8 Å². The number of imide groups is 2. The van der Waals surface area contributed by atoms with Crippen molar-refractivity contribution >= 4 is 34.9 Å². The molecule has 0 spiro atoms. The molecule has 116 valence electrons. The molecule has 1 heterocycles. The van der Waals surface area contributed by atoms with Crippen LogP contribution in [0.5, 0.6) is 0 Å². The molecule has 4 amide bonds. The Bertz CT molecular complexity index is 457. The Morgan fingerprint density at radius 3 is 2.38 bits per heavy atom. The van der Waals surface area contributed by atoms with Crippen LogP contribution in [0.2, 0.25) is 0 Å². The summed E-state index contributed by atoms with van der Waals surface area (Å²) in [6.45, 7) is 5.38. The number of allylic oxidation sites excluding steroid dienone is 1. The van der Waals surface area contributed by atoms with E-state index in [4.69, 9.17) is 16.3 Å². The van der Waals surface area contributed by atoms with Gasteiger partial charge in [-0.2, -0.15) is 0 Å². The second kappa shape index (κ2) is 7.21. The molecule has 1 rings (SSSR count). The van der Waals surface area contributed by atoms with E-state index in [0.29, 0.717) is 12.8 Å². The van der Waals surface area contributed by atoms with Gasteiger partial charge in [-0.1, -0.05) is 19.4 Å². The van der Waals surface area contributed by atoms with Crippen molar-refractivity contribution in [3.05, 3.63) is 12.7 Å². The number of nitrogens with one attached hydrogen (secondary N) is 2. The SMILES string of the molecule is C=CCC1(CC(CCC)OC(=O)Cl)C(=O)NC(=O)NC1=O. The fraction of sp³-hybridized carbons (Fsp3) is 0.538.